The first-order valence-corrected chi connectivity index (χ1v) is 5.43. The molecule has 18 heavy (non-hydrogen) atoms. The van der Waals surface area contributed by atoms with Crippen LogP contribution in [0, 0.1) is 16.0 Å². The first-order valence-electron chi connectivity index (χ1n) is 5.43. The topological polar surface area (TPSA) is 84.6 Å². The smallest absolute Gasteiger partial charge is 0.287 e. The van der Waals surface area contributed by atoms with E-state index in [0.717, 1.165) is 12.7 Å². The van der Waals surface area contributed by atoms with Crippen molar-refractivity contribution >= 4 is 12.5 Å². The molecule has 1 N–H and O–H groups in total. The lowest BCUT2D eigenvalue weighted by molar-refractivity contribution is -0.414. The average molecular weight is 253 g/mol. The summed E-state index contributed by atoms with van der Waals surface area (Å²) in [6.45, 7) is 1.10. The minimum Gasteiger partial charge on any atom is -0.391 e. The van der Waals surface area contributed by atoms with Crippen LogP contribution in [0.3, 0.4) is 0 Å². The lowest BCUT2D eigenvalue weighted by Gasteiger charge is -2.08. The molecule has 0 bridgehead atoms. The molecule has 100 valence electrons. The van der Waals surface area contributed by atoms with Crippen molar-refractivity contribution in [1.82, 2.24) is 5.32 Å². The molecule has 0 aromatic carbocycles. The second-order valence-corrected chi connectivity index (χ2v) is 3.67. The van der Waals surface area contributed by atoms with Crippen molar-refractivity contribution in [1.29, 1.82) is 0 Å². The van der Waals surface area contributed by atoms with Gasteiger partial charge in [-0.2, -0.15) is 0 Å². The van der Waals surface area contributed by atoms with Gasteiger partial charge in [0.1, 0.15) is 6.29 Å². The highest BCUT2D eigenvalue weighted by Crippen LogP contribution is 2.05. The number of nitrogens with zero attached hydrogens (tertiary/aromatic N) is 2. The Morgan fingerprint density at radius 2 is 2.28 bits per heavy atom. The summed E-state index contributed by atoms with van der Waals surface area (Å²) >= 11 is 0. The Hall–Kier alpha value is -1.98. The first kappa shape index (κ1) is 16.0. The Labute approximate surface area is 107 Å². The van der Waals surface area contributed by atoms with Crippen LogP contribution in [0.4, 0.5) is 0 Å². The first-order chi connectivity index (χ1) is 8.24. The Morgan fingerprint density at radius 1 is 1.50 bits per heavy atom. The predicted octanol–water partition coefficient (Wildman–Crippen LogP) is 1.57. The van der Waals surface area contributed by atoms with Crippen LogP contribution >= 0.6 is 0 Å². The molecule has 0 saturated carbocycles. The molecule has 0 aliphatic carbocycles. The third-order valence-corrected chi connectivity index (χ3v) is 2.40. The molecule has 1 aliphatic heterocycles. The summed E-state index contributed by atoms with van der Waals surface area (Å²) in [5.41, 5.74) is -0.0636. The van der Waals surface area contributed by atoms with E-state index in [1.54, 1.807) is 12.3 Å². The molecule has 6 heteroatoms. The zero-order chi connectivity index (χ0) is 12.5. The molecule has 1 aliphatic rings. The highest BCUT2D eigenvalue weighted by Gasteiger charge is 2.08. The summed E-state index contributed by atoms with van der Waals surface area (Å²) in [5.74, 6) is -0.0458. The summed E-state index contributed by atoms with van der Waals surface area (Å²) < 4.78 is 0. The van der Waals surface area contributed by atoms with Gasteiger partial charge in [0.05, 0.1) is 11.1 Å². The zero-order valence-corrected chi connectivity index (χ0v) is 9.41. The van der Waals surface area contributed by atoms with Crippen LogP contribution in [-0.2, 0) is 4.79 Å². The third kappa shape index (κ3) is 5.93. The Kier molecular flexibility index (Phi) is 8.09. The second-order valence-electron chi connectivity index (χ2n) is 3.67. The number of rotatable bonds is 2. The minimum atomic E-state index is -0.489. The van der Waals surface area contributed by atoms with Gasteiger partial charge < -0.3 is 10.1 Å². The Bertz CT molecular complexity index is 362. The second kappa shape index (κ2) is 9.09. The quantitative estimate of drug-likeness (QED) is 0.460. The van der Waals surface area contributed by atoms with Gasteiger partial charge in [0.15, 0.2) is 0 Å². The molecule has 1 atom stereocenters. The number of carbonyl (C=O) groups is 1. The number of nitrogens with one attached hydrogen (secondary N) is 1. The number of carbonyl (C=O) groups excluding carboxylic acids is 1. The van der Waals surface area contributed by atoms with Gasteiger partial charge in [0, 0.05) is 25.1 Å². The largest absolute Gasteiger partial charge is 0.391 e. The maximum atomic E-state index is 10.7. The standard InChI is InChI=1S/C11H15N3O3.CH4/c15-9-10-3-6-12-5-1-2-11(14(16)17)8-13-7-4-10;/h1-2,5,8-10,12H,3-4,6-7H2;1H4/b5-1+,11-2+,13-8?;. The van der Waals surface area contributed by atoms with Crippen molar-refractivity contribution < 1.29 is 9.72 Å². The molecule has 1 unspecified atom stereocenters. The normalized spacial score (nSPS) is 25.1. The van der Waals surface area contributed by atoms with Crippen LogP contribution in [0.1, 0.15) is 20.3 Å². The summed E-state index contributed by atoms with van der Waals surface area (Å²) in [6, 6.07) is 0. The van der Waals surface area contributed by atoms with Crippen molar-refractivity contribution in [3.05, 3.63) is 34.2 Å². The van der Waals surface area contributed by atoms with Gasteiger partial charge in [-0.25, -0.2) is 0 Å². The highest BCUT2D eigenvalue weighted by molar-refractivity contribution is 5.75. The molecule has 0 aromatic rings. The van der Waals surface area contributed by atoms with Crippen LogP contribution in [0.2, 0.25) is 0 Å². The fraction of sp³-hybridized carbons (Fsp3) is 0.500. The molecule has 0 fully saturated rings. The molecular weight excluding hydrogens is 234 g/mol. The van der Waals surface area contributed by atoms with E-state index in [-0.39, 0.29) is 19.0 Å². The summed E-state index contributed by atoms with van der Waals surface area (Å²) in [5, 5.41) is 13.6. The number of aliphatic imine (C=N–C) groups is 1. The number of hydrogen-bond donors (Lipinski definition) is 1. The summed E-state index contributed by atoms with van der Waals surface area (Å²) in [6.07, 6.45) is 8.08. The highest BCUT2D eigenvalue weighted by atomic mass is 16.6. The van der Waals surface area contributed by atoms with Crippen molar-refractivity contribution in [2.75, 3.05) is 13.1 Å². The number of hydrogen-bond acceptors (Lipinski definition) is 5. The third-order valence-electron chi connectivity index (χ3n) is 2.40. The average Bonchev–Trinajstić information content (AvgIpc) is 2.29. The van der Waals surface area contributed by atoms with Crippen molar-refractivity contribution in [2.24, 2.45) is 10.9 Å². The van der Waals surface area contributed by atoms with Gasteiger partial charge in [0.25, 0.3) is 5.70 Å². The van der Waals surface area contributed by atoms with E-state index in [9.17, 15) is 14.9 Å². The fourth-order valence-electron chi connectivity index (χ4n) is 1.40. The van der Waals surface area contributed by atoms with E-state index < -0.39 is 4.92 Å². The molecule has 0 aromatic heterocycles. The van der Waals surface area contributed by atoms with Crippen LogP contribution in [0.5, 0.6) is 0 Å². The number of aldehydes is 1. The predicted molar refractivity (Wildman–Crippen MR) is 71.1 cm³/mol. The van der Waals surface area contributed by atoms with Gasteiger partial charge in [-0.1, -0.05) is 7.43 Å². The minimum absolute atomic E-state index is 0. The van der Waals surface area contributed by atoms with Crippen molar-refractivity contribution in [3.63, 3.8) is 0 Å². The van der Waals surface area contributed by atoms with E-state index in [4.69, 9.17) is 0 Å². The van der Waals surface area contributed by atoms with Crippen molar-refractivity contribution in [3.8, 4) is 0 Å². The van der Waals surface area contributed by atoms with E-state index in [1.165, 1.54) is 12.3 Å². The zero-order valence-electron chi connectivity index (χ0n) is 9.41. The molecule has 0 spiro atoms. The number of nitro groups is 1. The lowest BCUT2D eigenvalue weighted by atomic mass is 10.0. The molecule has 0 saturated heterocycles. The molecule has 1 rings (SSSR count). The molecular formula is C12H19N3O3. The van der Waals surface area contributed by atoms with Gasteiger partial charge in [0.2, 0.25) is 0 Å². The van der Waals surface area contributed by atoms with E-state index in [2.05, 4.69) is 10.3 Å². The molecule has 0 radical (unpaired) electrons. The Balaban J connectivity index is 0.00000289. The van der Waals surface area contributed by atoms with Crippen LogP contribution in [0.25, 0.3) is 0 Å². The SMILES string of the molecule is C.O=CC1CCN=C/C([N+](=O)[O-])=C\C=C\NCC1. The lowest BCUT2D eigenvalue weighted by Crippen LogP contribution is -2.14. The molecule has 0 amide bonds. The van der Waals surface area contributed by atoms with Gasteiger partial charge >= 0.3 is 0 Å². The molecule has 1 heterocycles. The van der Waals surface area contributed by atoms with Crippen LogP contribution in [-0.4, -0.2) is 30.5 Å². The fourth-order valence-corrected chi connectivity index (χ4v) is 1.40. The Morgan fingerprint density at radius 3 is 2.94 bits per heavy atom. The van der Waals surface area contributed by atoms with Crippen LogP contribution in [0.15, 0.2) is 29.0 Å². The van der Waals surface area contributed by atoms with E-state index in [1.807, 2.05) is 0 Å². The van der Waals surface area contributed by atoms with Crippen LogP contribution < -0.4 is 5.32 Å². The monoisotopic (exact) mass is 253 g/mol. The summed E-state index contributed by atoms with van der Waals surface area (Å²) in [4.78, 5) is 24.8. The van der Waals surface area contributed by atoms with Gasteiger partial charge in [-0.05, 0) is 25.1 Å². The summed E-state index contributed by atoms with van der Waals surface area (Å²) in [7, 11) is 0. The van der Waals surface area contributed by atoms with Gasteiger partial charge in [-0.3, -0.25) is 15.1 Å². The van der Waals surface area contributed by atoms with E-state index in [0.29, 0.717) is 19.5 Å². The van der Waals surface area contributed by atoms with E-state index >= 15 is 0 Å². The maximum absolute atomic E-state index is 10.7. The van der Waals surface area contributed by atoms with Crippen molar-refractivity contribution in [2.45, 2.75) is 20.3 Å². The van der Waals surface area contributed by atoms with Gasteiger partial charge in [-0.15, -0.1) is 0 Å². The maximum Gasteiger partial charge on any atom is 0.287 e. The number of allylic oxidation sites excluding steroid dienone is 3. The molecule has 6 nitrogen and oxygen atoms in total.